The zero-order valence-corrected chi connectivity index (χ0v) is 8.25. The van der Waals surface area contributed by atoms with Crippen LogP contribution in [-0.2, 0) is 10.7 Å². The van der Waals surface area contributed by atoms with Crippen molar-refractivity contribution in [3.8, 4) is 5.75 Å². The highest BCUT2D eigenvalue weighted by Gasteiger charge is 2.43. The normalized spacial score (nSPS) is 11.4. The Balaban J connectivity index is 3.33. The number of rotatable bonds is 2. The quantitative estimate of drug-likeness (QED) is 0.864. The van der Waals surface area contributed by atoms with E-state index in [1.165, 1.54) is 12.1 Å². The zero-order chi connectivity index (χ0) is 10.9. The van der Waals surface area contributed by atoms with Gasteiger partial charge in [0.2, 0.25) is 0 Å². The van der Waals surface area contributed by atoms with Crippen molar-refractivity contribution in [2.75, 3.05) is 0 Å². The van der Waals surface area contributed by atoms with E-state index in [9.17, 15) is 18.7 Å². The molecule has 0 radical (unpaired) electrons. The molecule has 0 saturated heterocycles. The van der Waals surface area contributed by atoms with Crippen LogP contribution in [0.2, 0.25) is 0 Å². The van der Waals surface area contributed by atoms with Gasteiger partial charge in [-0.25, -0.2) is 4.79 Å². The van der Waals surface area contributed by atoms with E-state index in [4.69, 9.17) is 5.11 Å². The zero-order valence-electron chi connectivity index (χ0n) is 6.67. The lowest BCUT2D eigenvalue weighted by molar-refractivity contribution is -0.166. The van der Waals surface area contributed by atoms with Crippen LogP contribution in [0.25, 0.3) is 0 Å². The van der Waals surface area contributed by atoms with E-state index in [1.54, 1.807) is 0 Å². The second kappa shape index (κ2) is 3.53. The van der Waals surface area contributed by atoms with Gasteiger partial charge < -0.3 is 10.2 Å². The first-order valence-electron chi connectivity index (χ1n) is 3.46. The average Bonchev–Trinajstić information content (AvgIpc) is 2.09. The highest BCUT2D eigenvalue weighted by atomic mass is 79.9. The maximum absolute atomic E-state index is 12.9. The number of hydrogen-bond acceptors (Lipinski definition) is 2. The van der Waals surface area contributed by atoms with Crippen molar-refractivity contribution in [1.29, 1.82) is 0 Å². The topological polar surface area (TPSA) is 57.5 Å². The molecular formula is C8H5BrF2O3. The lowest BCUT2D eigenvalue weighted by atomic mass is 10.1. The van der Waals surface area contributed by atoms with Crippen molar-refractivity contribution >= 4 is 21.9 Å². The number of benzene rings is 1. The molecule has 6 heteroatoms. The predicted molar refractivity (Wildman–Crippen MR) is 47.3 cm³/mol. The number of alkyl halides is 2. The van der Waals surface area contributed by atoms with Gasteiger partial charge in [-0.2, -0.15) is 8.78 Å². The number of carboxylic acids is 1. The minimum Gasteiger partial charge on any atom is -0.506 e. The minimum absolute atomic E-state index is 0.0240. The van der Waals surface area contributed by atoms with E-state index in [1.807, 2.05) is 0 Å². The highest BCUT2D eigenvalue weighted by Crippen LogP contribution is 2.38. The first kappa shape index (κ1) is 10.9. The second-order valence-corrected chi connectivity index (χ2v) is 3.37. The predicted octanol–water partition coefficient (Wildman–Crippen LogP) is 2.33. The molecule has 0 fully saturated rings. The van der Waals surface area contributed by atoms with Gasteiger partial charge in [0.15, 0.2) is 0 Å². The summed E-state index contributed by atoms with van der Waals surface area (Å²) < 4.78 is 25.9. The average molecular weight is 267 g/mol. The molecule has 0 aliphatic carbocycles. The van der Waals surface area contributed by atoms with Crippen LogP contribution < -0.4 is 0 Å². The van der Waals surface area contributed by atoms with Crippen LogP contribution in [0.1, 0.15) is 5.56 Å². The number of para-hydroxylation sites is 1. The van der Waals surface area contributed by atoms with Gasteiger partial charge in [0.05, 0.1) is 10.0 Å². The van der Waals surface area contributed by atoms with Crippen molar-refractivity contribution in [3.05, 3.63) is 28.2 Å². The van der Waals surface area contributed by atoms with Crippen LogP contribution in [0, 0.1) is 0 Å². The molecule has 0 aromatic heterocycles. The molecular weight excluding hydrogens is 262 g/mol. The van der Waals surface area contributed by atoms with E-state index in [0.717, 1.165) is 6.07 Å². The number of aliphatic carboxylic acids is 1. The largest absolute Gasteiger partial charge is 0.506 e. The van der Waals surface area contributed by atoms with Crippen LogP contribution in [0.3, 0.4) is 0 Å². The van der Waals surface area contributed by atoms with Crippen LogP contribution in [0.4, 0.5) is 8.78 Å². The van der Waals surface area contributed by atoms with Gasteiger partial charge in [-0.1, -0.05) is 6.07 Å². The van der Waals surface area contributed by atoms with Gasteiger partial charge >= 0.3 is 11.9 Å². The third kappa shape index (κ3) is 1.70. The van der Waals surface area contributed by atoms with Gasteiger partial charge in [-0.05, 0) is 28.1 Å². The molecule has 14 heavy (non-hydrogen) atoms. The number of phenolic OH excluding ortho intramolecular Hbond substituents is 1. The smallest absolute Gasteiger partial charge is 0.379 e. The number of halogens is 3. The molecule has 1 aromatic rings. The second-order valence-electron chi connectivity index (χ2n) is 2.52. The first-order valence-corrected chi connectivity index (χ1v) is 4.26. The Hall–Kier alpha value is -1.17. The molecule has 0 bridgehead atoms. The third-order valence-electron chi connectivity index (χ3n) is 1.59. The van der Waals surface area contributed by atoms with Gasteiger partial charge in [0, 0.05) is 0 Å². The fourth-order valence-corrected chi connectivity index (χ4v) is 1.25. The number of carboxylic acid groups (broad SMARTS) is 1. The highest BCUT2D eigenvalue weighted by molar-refractivity contribution is 9.10. The van der Waals surface area contributed by atoms with Crippen molar-refractivity contribution in [2.45, 2.75) is 5.92 Å². The Morgan fingerprint density at radius 2 is 2.00 bits per heavy atom. The molecule has 2 N–H and O–H groups in total. The van der Waals surface area contributed by atoms with Crippen LogP contribution in [0.15, 0.2) is 22.7 Å². The summed E-state index contributed by atoms with van der Waals surface area (Å²) in [5.74, 6) is -7.15. The molecule has 0 heterocycles. The summed E-state index contributed by atoms with van der Waals surface area (Å²) in [4.78, 5) is 10.2. The maximum atomic E-state index is 12.9. The lowest BCUT2D eigenvalue weighted by Gasteiger charge is -2.13. The van der Waals surface area contributed by atoms with Gasteiger partial charge in [0.1, 0.15) is 5.75 Å². The monoisotopic (exact) mass is 266 g/mol. The Morgan fingerprint density at radius 3 is 2.50 bits per heavy atom. The van der Waals surface area contributed by atoms with Gasteiger partial charge in [-0.3, -0.25) is 0 Å². The summed E-state index contributed by atoms with van der Waals surface area (Å²) in [6.07, 6.45) is 0. The molecule has 1 rings (SSSR count). The molecule has 3 nitrogen and oxygen atoms in total. The van der Waals surface area contributed by atoms with E-state index >= 15 is 0 Å². The van der Waals surface area contributed by atoms with Crippen molar-refractivity contribution in [3.63, 3.8) is 0 Å². The van der Waals surface area contributed by atoms with Crippen molar-refractivity contribution in [2.24, 2.45) is 0 Å². The van der Waals surface area contributed by atoms with E-state index < -0.39 is 23.2 Å². The molecule has 0 saturated carbocycles. The number of hydrogen-bond donors (Lipinski definition) is 2. The molecule has 0 amide bonds. The SMILES string of the molecule is O=C(O)C(F)(F)c1cccc(Br)c1O. The Morgan fingerprint density at radius 1 is 1.43 bits per heavy atom. The molecule has 0 spiro atoms. The summed E-state index contributed by atoms with van der Waals surface area (Å²) >= 11 is 2.81. The van der Waals surface area contributed by atoms with Crippen LogP contribution in [-0.4, -0.2) is 16.2 Å². The number of carbonyl (C=O) groups is 1. The summed E-state index contributed by atoms with van der Waals surface area (Å²) in [5.41, 5.74) is -0.931. The van der Waals surface area contributed by atoms with E-state index in [0.29, 0.717) is 0 Å². The molecule has 0 unspecified atom stereocenters. The fourth-order valence-electron chi connectivity index (χ4n) is 0.884. The van der Waals surface area contributed by atoms with E-state index in [-0.39, 0.29) is 4.47 Å². The Bertz CT molecular complexity index is 379. The van der Waals surface area contributed by atoms with Crippen molar-refractivity contribution in [1.82, 2.24) is 0 Å². The summed E-state index contributed by atoms with van der Waals surface area (Å²) in [6, 6.07) is 3.40. The summed E-state index contributed by atoms with van der Waals surface area (Å²) in [6.45, 7) is 0. The maximum Gasteiger partial charge on any atom is 0.379 e. The summed E-state index contributed by atoms with van der Waals surface area (Å²) in [5, 5.41) is 17.4. The Labute approximate surface area is 86.1 Å². The lowest BCUT2D eigenvalue weighted by Crippen LogP contribution is -2.25. The molecule has 0 atom stereocenters. The number of phenols is 1. The first-order chi connectivity index (χ1) is 6.37. The van der Waals surface area contributed by atoms with E-state index in [2.05, 4.69) is 15.9 Å². The van der Waals surface area contributed by atoms with Gasteiger partial charge in [0.25, 0.3) is 0 Å². The minimum atomic E-state index is -4.09. The summed E-state index contributed by atoms with van der Waals surface area (Å²) in [7, 11) is 0. The van der Waals surface area contributed by atoms with Crippen molar-refractivity contribution < 1.29 is 23.8 Å². The van der Waals surface area contributed by atoms with Crippen LogP contribution >= 0.6 is 15.9 Å². The molecule has 76 valence electrons. The molecule has 0 aliphatic heterocycles. The van der Waals surface area contributed by atoms with Gasteiger partial charge in [-0.15, -0.1) is 0 Å². The fraction of sp³-hybridized carbons (Fsp3) is 0.125. The standard InChI is InChI=1S/C8H5BrF2O3/c9-5-3-1-2-4(6(5)12)8(10,11)7(13)14/h1-3,12H,(H,13,14). The third-order valence-corrected chi connectivity index (χ3v) is 2.23. The molecule has 0 aliphatic rings. The molecule has 1 aromatic carbocycles. The number of aromatic hydroxyl groups is 1. The Kier molecular flexibility index (Phi) is 2.75. The van der Waals surface area contributed by atoms with Crippen LogP contribution in [0.5, 0.6) is 5.75 Å².